The van der Waals surface area contributed by atoms with Crippen LogP contribution in [0.4, 0.5) is 0 Å². The lowest BCUT2D eigenvalue weighted by Crippen LogP contribution is -2.04. The lowest BCUT2D eigenvalue weighted by atomic mass is 9.83. The third-order valence-corrected chi connectivity index (χ3v) is 7.70. The largest absolute Gasteiger partial charge is 0.172 e. The fourth-order valence-electron chi connectivity index (χ4n) is 5.18. The molecule has 0 bridgehead atoms. The van der Waals surface area contributed by atoms with E-state index in [1.807, 2.05) is 0 Å². The lowest BCUT2D eigenvalue weighted by Gasteiger charge is -2.21. The first-order chi connectivity index (χ1) is 17.1. The van der Waals surface area contributed by atoms with Crippen molar-refractivity contribution >= 4 is 22.8 Å². The molecule has 0 unspecified atom stereocenters. The molecule has 0 amide bonds. The van der Waals surface area contributed by atoms with Crippen molar-refractivity contribution in [3.05, 3.63) is 70.8 Å². The number of unbranched alkanes of at least 4 members (excludes halogenated alkanes) is 6. The van der Waals surface area contributed by atoms with Crippen LogP contribution in [0.2, 0.25) is 0 Å². The van der Waals surface area contributed by atoms with E-state index in [-0.39, 0.29) is 0 Å². The number of nitrogens with zero attached hydrogens (tertiary/aromatic N) is 2. The van der Waals surface area contributed by atoms with Crippen LogP contribution in [0.15, 0.2) is 48.5 Å². The average molecular weight is 485 g/mol. The Morgan fingerprint density at radius 3 is 1.31 bits per heavy atom. The number of benzene rings is 3. The average Bonchev–Trinajstić information content (AvgIpc) is 3.35. The summed E-state index contributed by atoms with van der Waals surface area (Å²) in [5.41, 5.74) is 13.0. The zero-order chi connectivity index (χ0) is 24.6. The van der Waals surface area contributed by atoms with Crippen molar-refractivity contribution in [2.24, 2.45) is 0 Å². The second-order valence-electron chi connectivity index (χ2n) is 10.0. The summed E-state index contributed by atoms with van der Waals surface area (Å²) < 4.78 is 9.82. The minimum absolute atomic E-state index is 1.08. The molecule has 1 aromatic heterocycles. The predicted octanol–water partition coefficient (Wildman–Crippen LogP) is 9.89. The van der Waals surface area contributed by atoms with Gasteiger partial charge in [-0.05, 0) is 61.8 Å². The van der Waals surface area contributed by atoms with E-state index in [9.17, 15) is 0 Å². The van der Waals surface area contributed by atoms with E-state index in [0.717, 1.165) is 23.9 Å². The minimum Gasteiger partial charge on any atom is -0.172 e. The highest BCUT2D eigenvalue weighted by atomic mass is 32.1. The Morgan fingerprint density at radius 1 is 0.543 bits per heavy atom. The zero-order valence-corrected chi connectivity index (χ0v) is 22.8. The molecule has 0 aliphatic carbocycles. The standard InChI is InChI=1S/C32H40N2S/c1-5-7-9-11-13-27-28(14-12-10-8-6-2)30(26-21-17-24(4)18-22-26)32-31(33-35-34-32)29(27)25-19-15-23(3)16-20-25/h15-22H,5-14H2,1-4H3. The molecule has 184 valence electrons. The van der Waals surface area contributed by atoms with E-state index in [1.54, 1.807) is 0 Å². The van der Waals surface area contributed by atoms with E-state index in [2.05, 4.69) is 76.2 Å². The van der Waals surface area contributed by atoms with Gasteiger partial charge in [-0.3, -0.25) is 0 Å². The molecular formula is C32H40N2S. The Hall–Kier alpha value is -2.52. The second kappa shape index (κ2) is 12.4. The van der Waals surface area contributed by atoms with Gasteiger partial charge in [0.25, 0.3) is 0 Å². The summed E-state index contributed by atoms with van der Waals surface area (Å²) in [4.78, 5) is 0. The highest BCUT2D eigenvalue weighted by Crippen LogP contribution is 2.42. The van der Waals surface area contributed by atoms with Crippen molar-refractivity contribution in [3.63, 3.8) is 0 Å². The third kappa shape index (κ3) is 6.01. The van der Waals surface area contributed by atoms with Gasteiger partial charge in [0.15, 0.2) is 0 Å². The van der Waals surface area contributed by atoms with E-state index in [0.29, 0.717) is 0 Å². The maximum Gasteiger partial charge on any atom is 0.113 e. The molecule has 0 atom stereocenters. The molecule has 0 fully saturated rings. The first-order valence-electron chi connectivity index (χ1n) is 13.6. The molecule has 35 heavy (non-hydrogen) atoms. The predicted molar refractivity (Wildman–Crippen MR) is 153 cm³/mol. The zero-order valence-electron chi connectivity index (χ0n) is 22.0. The first-order valence-corrected chi connectivity index (χ1v) is 14.3. The Kier molecular flexibility index (Phi) is 9.09. The first kappa shape index (κ1) is 25.6. The van der Waals surface area contributed by atoms with Gasteiger partial charge >= 0.3 is 0 Å². The van der Waals surface area contributed by atoms with E-state index < -0.39 is 0 Å². The molecule has 1 heterocycles. The van der Waals surface area contributed by atoms with Crippen LogP contribution in [-0.4, -0.2) is 8.75 Å². The van der Waals surface area contributed by atoms with Gasteiger partial charge < -0.3 is 0 Å². The van der Waals surface area contributed by atoms with Crippen LogP contribution in [0.5, 0.6) is 0 Å². The quantitative estimate of drug-likeness (QED) is 0.187. The molecule has 0 aliphatic heterocycles. The molecule has 0 saturated carbocycles. The molecule has 0 N–H and O–H groups in total. The van der Waals surface area contributed by atoms with E-state index in [4.69, 9.17) is 8.75 Å². The maximum absolute atomic E-state index is 4.91. The van der Waals surface area contributed by atoms with Gasteiger partial charge in [-0.2, -0.15) is 8.75 Å². The van der Waals surface area contributed by atoms with Gasteiger partial charge in [-0.25, -0.2) is 0 Å². The highest BCUT2D eigenvalue weighted by Gasteiger charge is 2.23. The number of aromatic nitrogens is 2. The molecule has 0 spiro atoms. The second-order valence-corrected chi connectivity index (χ2v) is 10.6. The fraction of sp³-hybridized carbons (Fsp3) is 0.438. The Bertz CT molecular complexity index is 1120. The lowest BCUT2D eigenvalue weighted by molar-refractivity contribution is 0.652. The molecule has 3 heteroatoms. The summed E-state index contributed by atoms with van der Waals surface area (Å²) in [6, 6.07) is 18.1. The van der Waals surface area contributed by atoms with Gasteiger partial charge in [0, 0.05) is 11.1 Å². The van der Waals surface area contributed by atoms with E-state index >= 15 is 0 Å². The smallest absolute Gasteiger partial charge is 0.113 e. The van der Waals surface area contributed by atoms with Crippen LogP contribution in [0.1, 0.15) is 87.5 Å². The van der Waals surface area contributed by atoms with Crippen LogP contribution in [-0.2, 0) is 12.8 Å². The molecule has 4 aromatic rings. The topological polar surface area (TPSA) is 25.8 Å². The number of fused-ring (bicyclic) bond motifs is 1. The minimum atomic E-state index is 1.08. The summed E-state index contributed by atoms with van der Waals surface area (Å²) >= 11 is 1.36. The normalized spacial score (nSPS) is 11.4. The number of hydrogen-bond donors (Lipinski definition) is 0. The molecular weight excluding hydrogens is 444 g/mol. The van der Waals surface area contributed by atoms with Gasteiger partial charge in [0.2, 0.25) is 0 Å². The van der Waals surface area contributed by atoms with Crippen LogP contribution >= 0.6 is 11.7 Å². The summed E-state index contributed by atoms with van der Waals surface area (Å²) in [6.07, 6.45) is 12.4. The molecule has 3 aromatic carbocycles. The Morgan fingerprint density at radius 2 is 0.943 bits per heavy atom. The third-order valence-electron chi connectivity index (χ3n) is 7.17. The van der Waals surface area contributed by atoms with Crippen molar-refractivity contribution in [2.45, 2.75) is 91.9 Å². The summed E-state index contributed by atoms with van der Waals surface area (Å²) in [7, 11) is 0. The Labute approximate surface area is 216 Å². The molecule has 0 saturated heterocycles. The van der Waals surface area contributed by atoms with Gasteiger partial charge in [-0.1, -0.05) is 112 Å². The van der Waals surface area contributed by atoms with Gasteiger partial charge in [-0.15, -0.1) is 0 Å². The van der Waals surface area contributed by atoms with Crippen molar-refractivity contribution in [1.29, 1.82) is 0 Å². The van der Waals surface area contributed by atoms with Crippen LogP contribution < -0.4 is 0 Å². The van der Waals surface area contributed by atoms with Gasteiger partial charge in [0.1, 0.15) is 11.0 Å². The number of aryl methyl sites for hydroxylation is 2. The molecule has 4 rings (SSSR count). The van der Waals surface area contributed by atoms with Crippen LogP contribution in [0.3, 0.4) is 0 Å². The van der Waals surface area contributed by atoms with Gasteiger partial charge in [0.05, 0.1) is 11.7 Å². The van der Waals surface area contributed by atoms with Crippen LogP contribution in [0.25, 0.3) is 33.3 Å². The molecule has 0 radical (unpaired) electrons. The van der Waals surface area contributed by atoms with Crippen molar-refractivity contribution < 1.29 is 0 Å². The highest BCUT2D eigenvalue weighted by molar-refractivity contribution is 7.00. The monoisotopic (exact) mass is 484 g/mol. The van der Waals surface area contributed by atoms with Crippen molar-refractivity contribution in [1.82, 2.24) is 8.75 Å². The SMILES string of the molecule is CCCCCCc1c(CCCCCC)c(-c2ccc(C)cc2)c2nsnc2c1-c1ccc(C)cc1. The number of hydrogen-bond acceptors (Lipinski definition) is 3. The summed E-state index contributed by atoms with van der Waals surface area (Å²) in [5, 5.41) is 0. The Balaban J connectivity index is 1.95. The molecule has 2 nitrogen and oxygen atoms in total. The van der Waals surface area contributed by atoms with E-state index in [1.165, 1.54) is 108 Å². The molecule has 0 aliphatic rings. The fourth-order valence-corrected chi connectivity index (χ4v) is 5.74. The number of rotatable bonds is 12. The summed E-state index contributed by atoms with van der Waals surface area (Å²) in [6.45, 7) is 8.91. The van der Waals surface area contributed by atoms with Crippen molar-refractivity contribution in [3.8, 4) is 22.3 Å². The van der Waals surface area contributed by atoms with Crippen molar-refractivity contribution in [2.75, 3.05) is 0 Å². The maximum atomic E-state index is 4.91. The summed E-state index contributed by atoms with van der Waals surface area (Å²) in [5.74, 6) is 0. The van der Waals surface area contributed by atoms with Crippen LogP contribution in [0, 0.1) is 13.8 Å².